The fraction of sp³-hybridized carbons (Fsp3) is 0.0870. The Bertz CT molecular complexity index is 1100. The van der Waals surface area contributed by atoms with Crippen LogP contribution in [0.1, 0.15) is 10.4 Å². The number of rotatable bonds is 4. The molecule has 4 heteroatoms. The topological polar surface area (TPSA) is 35.5 Å². The van der Waals surface area contributed by atoms with Crippen LogP contribution in [0.15, 0.2) is 72.1 Å². The van der Waals surface area contributed by atoms with Gasteiger partial charge in [0.25, 0.3) is 0 Å². The van der Waals surface area contributed by atoms with Gasteiger partial charge in [-0.25, -0.2) is 4.79 Å². The van der Waals surface area contributed by atoms with Gasteiger partial charge in [0.1, 0.15) is 5.75 Å². The van der Waals surface area contributed by atoms with Gasteiger partial charge in [0.05, 0.1) is 19.8 Å². The molecule has 0 radical (unpaired) electrons. The maximum absolute atomic E-state index is 13.0. The SMILES string of the molecule is COC(=O)c1c(-c2ccccc2)c(OC)c2ccsc2c1-c1ccccc1. The maximum atomic E-state index is 13.0. The Kier molecular flexibility index (Phi) is 4.65. The van der Waals surface area contributed by atoms with Crippen LogP contribution in [0.4, 0.5) is 0 Å². The van der Waals surface area contributed by atoms with Gasteiger partial charge < -0.3 is 9.47 Å². The molecule has 1 aromatic heterocycles. The first-order chi connectivity index (χ1) is 13.3. The summed E-state index contributed by atoms with van der Waals surface area (Å²) in [5.41, 5.74) is 4.06. The van der Waals surface area contributed by atoms with Crippen LogP contribution in [0.5, 0.6) is 5.75 Å². The van der Waals surface area contributed by atoms with E-state index >= 15 is 0 Å². The van der Waals surface area contributed by atoms with Gasteiger partial charge in [0.2, 0.25) is 0 Å². The van der Waals surface area contributed by atoms with Crippen molar-refractivity contribution in [1.82, 2.24) is 0 Å². The predicted octanol–water partition coefficient (Wildman–Crippen LogP) is 6.03. The summed E-state index contributed by atoms with van der Waals surface area (Å²) in [7, 11) is 3.05. The highest BCUT2D eigenvalue weighted by atomic mass is 32.1. The molecule has 0 amide bonds. The summed E-state index contributed by atoms with van der Waals surface area (Å²) < 4.78 is 12.0. The van der Waals surface area contributed by atoms with Crippen molar-refractivity contribution in [2.45, 2.75) is 0 Å². The lowest BCUT2D eigenvalue weighted by Crippen LogP contribution is -2.08. The van der Waals surface area contributed by atoms with E-state index in [1.54, 1.807) is 18.4 Å². The van der Waals surface area contributed by atoms with Crippen LogP contribution >= 0.6 is 11.3 Å². The zero-order valence-corrected chi connectivity index (χ0v) is 15.9. The monoisotopic (exact) mass is 374 g/mol. The summed E-state index contributed by atoms with van der Waals surface area (Å²) in [6.07, 6.45) is 0. The van der Waals surface area contributed by atoms with Crippen LogP contribution in [0, 0.1) is 0 Å². The summed E-state index contributed by atoms with van der Waals surface area (Å²) in [6, 6.07) is 21.8. The van der Waals surface area contributed by atoms with Gasteiger partial charge >= 0.3 is 5.97 Å². The molecule has 0 aliphatic heterocycles. The molecular weight excluding hydrogens is 356 g/mol. The molecule has 134 valence electrons. The van der Waals surface area contributed by atoms with Crippen molar-refractivity contribution in [2.75, 3.05) is 14.2 Å². The quantitative estimate of drug-likeness (QED) is 0.409. The summed E-state index contributed by atoms with van der Waals surface area (Å²) in [4.78, 5) is 13.0. The molecule has 0 unspecified atom stereocenters. The average molecular weight is 374 g/mol. The van der Waals surface area contributed by atoms with E-state index in [0.717, 1.165) is 32.3 Å². The van der Waals surface area contributed by atoms with Crippen molar-refractivity contribution in [3.05, 3.63) is 77.7 Å². The Labute approximate surface area is 161 Å². The molecule has 0 atom stereocenters. The molecule has 4 rings (SSSR count). The van der Waals surface area contributed by atoms with E-state index in [0.29, 0.717) is 11.3 Å². The highest BCUT2D eigenvalue weighted by molar-refractivity contribution is 7.18. The maximum Gasteiger partial charge on any atom is 0.339 e. The first-order valence-electron chi connectivity index (χ1n) is 8.56. The van der Waals surface area contributed by atoms with E-state index in [-0.39, 0.29) is 5.97 Å². The summed E-state index contributed by atoms with van der Waals surface area (Å²) in [5, 5.41) is 3.02. The fourth-order valence-corrected chi connectivity index (χ4v) is 4.41. The number of carbonyl (C=O) groups is 1. The number of thiophene rings is 1. The highest BCUT2D eigenvalue weighted by Gasteiger charge is 2.27. The summed E-state index contributed by atoms with van der Waals surface area (Å²) in [5.74, 6) is 0.318. The number of hydrogen-bond acceptors (Lipinski definition) is 4. The summed E-state index contributed by atoms with van der Waals surface area (Å²) >= 11 is 1.60. The largest absolute Gasteiger partial charge is 0.495 e. The zero-order valence-electron chi connectivity index (χ0n) is 15.1. The van der Waals surface area contributed by atoms with Gasteiger partial charge in [-0.05, 0) is 22.6 Å². The number of esters is 1. The lowest BCUT2D eigenvalue weighted by atomic mass is 9.89. The average Bonchev–Trinajstić information content (AvgIpc) is 3.22. The molecule has 4 aromatic rings. The standard InChI is InChI=1S/C23H18O3S/c1-25-21-17-13-14-27-22(17)19(16-11-7-4-8-12-16)20(23(24)26-2)18(21)15-9-5-3-6-10-15/h3-14H,1-2H3. The predicted molar refractivity (Wildman–Crippen MR) is 111 cm³/mol. The number of methoxy groups -OCH3 is 2. The van der Waals surface area contributed by atoms with Crippen LogP contribution < -0.4 is 4.74 Å². The van der Waals surface area contributed by atoms with E-state index in [2.05, 4.69) is 0 Å². The molecule has 0 aliphatic carbocycles. The minimum Gasteiger partial charge on any atom is -0.495 e. The Morgan fingerprint density at radius 3 is 1.96 bits per heavy atom. The molecular formula is C23H18O3S. The fourth-order valence-electron chi connectivity index (χ4n) is 3.45. The van der Waals surface area contributed by atoms with Crippen molar-refractivity contribution in [3.63, 3.8) is 0 Å². The molecule has 0 N–H and O–H groups in total. The normalized spacial score (nSPS) is 10.7. The molecule has 0 fully saturated rings. The number of benzene rings is 3. The second-order valence-corrected chi connectivity index (χ2v) is 6.96. The number of hydrogen-bond donors (Lipinski definition) is 0. The van der Waals surface area contributed by atoms with E-state index in [1.807, 2.05) is 72.1 Å². The van der Waals surface area contributed by atoms with Gasteiger partial charge in [0, 0.05) is 21.2 Å². The van der Waals surface area contributed by atoms with Gasteiger partial charge in [0.15, 0.2) is 0 Å². The Hall–Kier alpha value is -3.11. The van der Waals surface area contributed by atoms with E-state index < -0.39 is 0 Å². The molecule has 0 bridgehead atoms. The number of fused-ring (bicyclic) bond motifs is 1. The first kappa shape index (κ1) is 17.3. The van der Waals surface area contributed by atoms with Crippen LogP contribution in [0.3, 0.4) is 0 Å². The molecule has 0 spiro atoms. The first-order valence-corrected chi connectivity index (χ1v) is 9.44. The smallest absolute Gasteiger partial charge is 0.339 e. The molecule has 1 heterocycles. The van der Waals surface area contributed by atoms with Crippen LogP contribution in [-0.4, -0.2) is 20.2 Å². The number of carbonyl (C=O) groups excluding carboxylic acids is 1. The third-order valence-corrected chi connectivity index (χ3v) is 5.51. The second kappa shape index (κ2) is 7.25. The third kappa shape index (κ3) is 2.88. The summed E-state index contributed by atoms with van der Waals surface area (Å²) in [6.45, 7) is 0. The van der Waals surface area contributed by atoms with E-state index in [1.165, 1.54) is 7.11 Å². The third-order valence-electron chi connectivity index (χ3n) is 4.58. The van der Waals surface area contributed by atoms with Crippen molar-refractivity contribution >= 4 is 27.4 Å². The van der Waals surface area contributed by atoms with Gasteiger partial charge in [-0.1, -0.05) is 60.7 Å². The highest BCUT2D eigenvalue weighted by Crippen LogP contribution is 2.48. The second-order valence-electron chi connectivity index (χ2n) is 6.05. The molecule has 0 saturated heterocycles. The lowest BCUT2D eigenvalue weighted by Gasteiger charge is -2.19. The van der Waals surface area contributed by atoms with Crippen molar-refractivity contribution in [1.29, 1.82) is 0 Å². The number of ether oxygens (including phenoxy) is 2. The zero-order chi connectivity index (χ0) is 18.8. The molecule has 0 saturated carbocycles. The van der Waals surface area contributed by atoms with Crippen LogP contribution in [-0.2, 0) is 4.74 Å². The van der Waals surface area contributed by atoms with Crippen LogP contribution in [0.2, 0.25) is 0 Å². The van der Waals surface area contributed by atoms with E-state index in [4.69, 9.17) is 9.47 Å². The Morgan fingerprint density at radius 1 is 0.815 bits per heavy atom. The van der Waals surface area contributed by atoms with Crippen molar-refractivity contribution in [3.8, 4) is 28.0 Å². The van der Waals surface area contributed by atoms with Gasteiger partial charge in [-0.2, -0.15) is 0 Å². The van der Waals surface area contributed by atoms with Gasteiger partial charge in [-0.3, -0.25) is 0 Å². The molecule has 3 nitrogen and oxygen atoms in total. The Balaban J connectivity index is 2.22. The Morgan fingerprint density at radius 2 is 1.41 bits per heavy atom. The van der Waals surface area contributed by atoms with Crippen molar-refractivity contribution in [2.24, 2.45) is 0 Å². The molecule has 0 aliphatic rings. The minimum absolute atomic E-state index is 0.374. The lowest BCUT2D eigenvalue weighted by molar-refractivity contribution is 0.0602. The minimum atomic E-state index is -0.374. The van der Waals surface area contributed by atoms with E-state index in [9.17, 15) is 4.79 Å². The molecule has 3 aromatic carbocycles. The van der Waals surface area contributed by atoms with Crippen LogP contribution in [0.25, 0.3) is 32.3 Å². The van der Waals surface area contributed by atoms with Crippen molar-refractivity contribution < 1.29 is 14.3 Å². The molecule has 27 heavy (non-hydrogen) atoms. The van der Waals surface area contributed by atoms with Gasteiger partial charge in [-0.15, -0.1) is 11.3 Å².